The summed E-state index contributed by atoms with van der Waals surface area (Å²) in [6, 6.07) is 21.4. The summed E-state index contributed by atoms with van der Waals surface area (Å²) in [5.41, 5.74) is 3.58. The Morgan fingerprint density at radius 3 is 2.40 bits per heavy atom. The van der Waals surface area contributed by atoms with Gasteiger partial charge < -0.3 is 20.7 Å². The van der Waals surface area contributed by atoms with Crippen LogP contribution in [0, 0.1) is 6.92 Å². The van der Waals surface area contributed by atoms with Gasteiger partial charge >= 0.3 is 0 Å². The summed E-state index contributed by atoms with van der Waals surface area (Å²) >= 11 is 0. The van der Waals surface area contributed by atoms with E-state index >= 15 is 0 Å². The van der Waals surface area contributed by atoms with Gasteiger partial charge in [-0.2, -0.15) is 0 Å². The van der Waals surface area contributed by atoms with Crippen molar-refractivity contribution in [3.8, 4) is 5.75 Å². The molecule has 0 fully saturated rings. The van der Waals surface area contributed by atoms with Crippen LogP contribution in [0.3, 0.4) is 0 Å². The third-order valence-corrected chi connectivity index (χ3v) is 4.67. The number of ether oxygens (including phenoxy) is 1. The number of methoxy groups -OCH3 is 1. The Morgan fingerprint density at radius 2 is 1.70 bits per heavy atom. The van der Waals surface area contributed by atoms with Crippen LogP contribution in [0.15, 0.2) is 72.8 Å². The number of hydrogen-bond acceptors (Lipinski definition) is 4. The van der Waals surface area contributed by atoms with Crippen molar-refractivity contribution >= 4 is 23.2 Å². The van der Waals surface area contributed by atoms with Gasteiger partial charge in [0.2, 0.25) is 0 Å². The quantitative estimate of drug-likeness (QED) is 0.554. The average Bonchev–Trinajstić information content (AvgIpc) is 2.77. The van der Waals surface area contributed by atoms with E-state index in [0.29, 0.717) is 22.7 Å². The van der Waals surface area contributed by atoms with Crippen LogP contribution < -0.4 is 20.7 Å². The number of carbonyl (C=O) groups is 2. The van der Waals surface area contributed by atoms with Crippen LogP contribution in [-0.2, 0) is 4.79 Å². The zero-order valence-corrected chi connectivity index (χ0v) is 17.2. The van der Waals surface area contributed by atoms with Gasteiger partial charge in [-0.3, -0.25) is 9.59 Å². The maximum Gasteiger partial charge on any atom is 0.251 e. The highest BCUT2D eigenvalue weighted by Crippen LogP contribution is 2.28. The molecular weight excluding hydrogens is 378 g/mol. The van der Waals surface area contributed by atoms with Crippen molar-refractivity contribution in [2.75, 3.05) is 24.8 Å². The summed E-state index contributed by atoms with van der Waals surface area (Å²) in [4.78, 5) is 25.2. The van der Waals surface area contributed by atoms with Crippen molar-refractivity contribution in [3.63, 3.8) is 0 Å². The van der Waals surface area contributed by atoms with Crippen molar-refractivity contribution in [2.45, 2.75) is 13.0 Å². The van der Waals surface area contributed by atoms with Gasteiger partial charge in [-0.1, -0.05) is 42.5 Å². The lowest BCUT2D eigenvalue weighted by atomic mass is 10.0. The summed E-state index contributed by atoms with van der Waals surface area (Å²) in [7, 11) is 3.15. The molecule has 6 heteroatoms. The molecule has 0 aliphatic carbocycles. The molecule has 0 heterocycles. The Morgan fingerprint density at radius 1 is 0.933 bits per heavy atom. The van der Waals surface area contributed by atoms with Crippen LogP contribution in [0.5, 0.6) is 5.75 Å². The fraction of sp³-hybridized carbons (Fsp3) is 0.167. The molecule has 0 bridgehead atoms. The van der Waals surface area contributed by atoms with Gasteiger partial charge in [0.15, 0.2) is 0 Å². The van der Waals surface area contributed by atoms with Crippen molar-refractivity contribution in [2.24, 2.45) is 0 Å². The molecule has 0 radical (unpaired) electrons. The van der Waals surface area contributed by atoms with E-state index in [4.69, 9.17) is 4.74 Å². The maximum absolute atomic E-state index is 13.3. The summed E-state index contributed by atoms with van der Waals surface area (Å²) in [5, 5.41) is 8.82. The minimum Gasteiger partial charge on any atom is -0.495 e. The zero-order valence-electron chi connectivity index (χ0n) is 17.2. The second-order valence-electron chi connectivity index (χ2n) is 6.84. The van der Waals surface area contributed by atoms with Crippen LogP contribution >= 0.6 is 0 Å². The molecule has 0 aliphatic heterocycles. The third-order valence-electron chi connectivity index (χ3n) is 4.67. The minimum absolute atomic E-state index is 0.191. The van der Waals surface area contributed by atoms with Gasteiger partial charge in [-0.15, -0.1) is 0 Å². The Hall–Kier alpha value is -3.80. The first-order chi connectivity index (χ1) is 14.5. The predicted octanol–water partition coefficient (Wildman–Crippen LogP) is 4.16. The highest BCUT2D eigenvalue weighted by Gasteiger charge is 2.22. The molecule has 3 rings (SSSR count). The maximum atomic E-state index is 13.3. The second kappa shape index (κ2) is 9.60. The molecule has 0 aliphatic rings. The van der Waals surface area contributed by atoms with Crippen molar-refractivity contribution in [3.05, 3.63) is 89.5 Å². The topological polar surface area (TPSA) is 79.5 Å². The van der Waals surface area contributed by atoms with Crippen molar-refractivity contribution in [1.82, 2.24) is 5.32 Å². The second-order valence-corrected chi connectivity index (χ2v) is 6.84. The van der Waals surface area contributed by atoms with Gasteiger partial charge in [0.25, 0.3) is 11.8 Å². The van der Waals surface area contributed by atoms with Crippen molar-refractivity contribution < 1.29 is 14.3 Å². The molecular formula is C24H25N3O3. The average molecular weight is 403 g/mol. The zero-order chi connectivity index (χ0) is 21.5. The molecule has 30 heavy (non-hydrogen) atoms. The van der Waals surface area contributed by atoms with Gasteiger partial charge in [0.1, 0.15) is 11.8 Å². The van der Waals surface area contributed by atoms with E-state index in [0.717, 1.165) is 11.1 Å². The lowest BCUT2D eigenvalue weighted by Gasteiger charge is -2.21. The minimum atomic E-state index is -0.670. The molecule has 0 spiro atoms. The van der Waals surface area contributed by atoms with Crippen LogP contribution in [0.4, 0.5) is 11.4 Å². The molecule has 0 aromatic heterocycles. The van der Waals surface area contributed by atoms with E-state index in [1.54, 1.807) is 32.4 Å². The number of anilines is 2. The number of benzene rings is 3. The van der Waals surface area contributed by atoms with E-state index < -0.39 is 6.04 Å². The molecule has 1 atom stereocenters. The normalized spacial score (nSPS) is 11.3. The summed E-state index contributed by atoms with van der Waals surface area (Å²) in [6.45, 7) is 1.95. The van der Waals surface area contributed by atoms with Crippen LogP contribution in [0.25, 0.3) is 0 Å². The molecule has 0 unspecified atom stereocenters. The fourth-order valence-electron chi connectivity index (χ4n) is 3.13. The first-order valence-electron chi connectivity index (χ1n) is 9.61. The summed E-state index contributed by atoms with van der Waals surface area (Å²) in [6.07, 6.45) is 0. The Labute approximate surface area is 176 Å². The van der Waals surface area contributed by atoms with E-state index in [1.807, 2.05) is 61.5 Å². The molecule has 2 amide bonds. The molecule has 3 N–H and O–H groups in total. The van der Waals surface area contributed by atoms with E-state index in [9.17, 15) is 9.59 Å². The Balaban J connectivity index is 1.91. The first kappa shape index (κ1) is 20.9. The van der Waals surface area contributed by atoms with Crippen molar-refractivity contribution in [1.29, 1.82) is 0 Å². The number of amides is 2. The number of hydrogen-bond donors (Lipinski definition) is 3. The SMILES string of the molecule is CNC(=O)c1cccc(N[C@H](C(=O)Nc2cc(C)ccc2OC)c2ccccc2)c1. The molecule has 6 nitrogen and oxygen atoms in total. The molecule has 0 saturated carbocycles. The standard InChI is InChI=1S/C24H25N3O3/c1-16-12-13-21(30-3)20(14-16)27-24(29)22(17-8-5-4-6-9-17)26-19-11-7-10-18(15-19)23(28)25-2/h4-15,22,26H,1-3H3,(H,25,28)(H,27,29)/t22-/m0/s1. The van der Waals surface area contributed by atoms with Gasteiger partial charge in [-0.05, 0) is 48.4 Å². The molecule has 3 aromatic carbocycles. The first-order valence-corrected chi connectivity index (χ1v) is 9.61. The Bertz CT molecular complexity index is 1030. The van der Waals surface area contributed by atoms with Gasteiger partial charge in [-0.25, -0.2) is 0 Å². The molecule has 3 aromatic rings. The number of carbonyl (C=O) groups excluding carboxylic acids is 2. The Kier molecular flexibility index (Phi) is 6.70. The third kappa shape index (κ3) is 4.97. The molecule has 154 valence electrons. The predicted molar refractivity (Wildman–Crippen MR) is 119 cm³/mol. The molecule has 0 saturated heterocycles. The highest BCUT2D eigenvalue weighted by molar-refractivity contribution is 5.99. The number of rotatable bonds is 7. The summed E-state index contributed by atoms with van der Waals surface area (Å²) < 4.78 is 5.38. The van der Waals surface area contributed by atoms with Crippen LogP contribution in [0.1, 0.15) is 27.5 Å². The number of nitrogens with one attached hydrogen (secondary N) is 3. The smallest absolute Gasteiger partial charge is 0.251 e. The highest BCUT2D eigenvalue weighted by atomic mass is 16.5. The van der Waals surface area contributed by atoms with Gasteiger partial charge in [0.05, 0.1) is 12.8 Å². The lowest BCUT2D eigenvalue weighted by molar-refractivity contribution is -0.117. The van der Waals surface area contributed by atoms with Crippen LogP contribution in [0.2, 0.25) is 0 Å². The van der Waals surface area contributed by atoms with E-state index in [-0.39, 0.29) is 11.8 Å². The summed E-state index contributed by atoms with van der Waals surface area (Å²) in [5.74, 6) is 0.154. The largest absolute Gasteiger partial charge is 0.495 e. The van der Waals surface area contributed by atoms with Crippen LogP contribution in [-0.4, -0.2) is 26.0 Å². The van der Waals surface area contributed by atoms with E-state index in [1.165, 1.54) is 0 Å². The van der Waals surface area contributed by atoms with Gasteiger partial charge in [0, 0.05) is 18.3 Å². The number of aryl methyl sites for hydroxylation is 1. The van der Waals surface area contributed by atoms with E-state index in [2.05, 4.69) is 16.0 Å². The fourth-order valence-corrected chi connectivity index (χ4v) is 3.13. The monoisotopic (exact) mass is 403 g/mol. The lowest BCUT2D eigenvalue weighted by Crippen LogP contribution is -2.27.